The van der Waals surface area contributed by atoms with E-state index in [1.165, 1.54) is 0 Å². The van der Waals surface area contributed by atoms with E-state index in [2.05, 4.69) is 11.4 Å². The summed E-state index contributed by atoms with van der Waals surface area (Å²) in [7, 11) is 0. The van der Waals surface area contributed by atoms with Crippen LogP contribution in [0.15, 0.2) is 53.9 Å². The first-order chi connectivity index (χ1) is 9.79. The van der Waals surface area contributed by atoms with E-state index in [4.69, 9.17) is 0 Å². The Morgan fingerprint density at radius 2 is 1.95 bits per heavy atom. The summed E-state index contributed by atoms with van der Waals surface area (Å²) in [5, 5.41) is 14.1. The highest BCUT2D eigenvalue weighted by molar-refractivity contribution is 7.11. The quantitative estimate of drug-likeness (QED) is 0.918. The summed E-state index contributed by atoms with van der Waals surface area (Å²) in [4.78, 5) is 13.2. The van der Waals surface area contributed by atoms with Gasteiger partial charge in [0.05, 0.1) is 16.6 Å². The molecule has 0 aliphatic carbocycles. The van der Waals surface area contributed by atoms with E-state index in [0.29, 0.717) is 0 Å². The lowest BCUT2D eigenvalue weighted by atomic mass is 9.83. The molecule has 1 N–H and O–H groups in total. The van der Waals surface area contributed by atoms with Crippen molar-refractivity contribution in [1.29, 1.82) is 5.26 Å². The molecule has 0 unspecified atom stereocenters. The van der Waals surface area contributed by atoms with Gasteiger partial charge in [-0.15, -0.1) is 11.3 Å². The van der Waals surface area contributed by atoms with Crippen LogP contribution in [0.25, 0.3) is 5.70 Å². The van der Waals surface area contributed by atoms with Crippen LogP contribution in [0.5, 0.6) is 0 Å². The largest absolute Gasteiger partial charge is 0.324 e. The number of hydrogen-bond donors (Lipinski definition) is 1. The van der Waals surface area contributed by atoms with Crippen molar-refractivity contribution >= 4 is 22.9 Å². The smallest absolute Gasteiger partial charge is 0.242 e. The van der Waals surface area contributed by atoms with E-state index >= 15 is 0 Å². The van der Waals surface area contributed by atoms with Crippen LogP contribution in [-0.2, 0) is 4.79 Å². The van der Waals surface area contributed by atoms with Gasteiger partial charge in [0, 0.05) is 5.92 Å². The fraction of sp³-hybridized carbons (Fsp3) is 0.125. The van der Waals surface area contributed by atoms with Gasteiger partial charge in [-0.2, -0.15) is 5.26 Å². The third-order valence-electron chi connectivity index (χ3n) is 3.36. The number of benzene rings is 1. The zero-order valence-corrected chi connectivity index (χ0v) is 11.4. The Balaban J connectivity index is 2.06. The van der Waals surface area contributed by atoms with Crippen LogP contribution in [0.4, 0.5) is 0 Å². The van der Waals surface area contributed by atoms with Gasteiger partial charge in [-0.3, -0.25) is 4.79 Å². The fourth-order valence-corrected chi connectivity index (χ4v) is 3.08. The van der Waals surface area contributed by atoms with E-state index in [9.17, 15) is 10.1 Å². The summed E-state index contributed by atoms with van der Waals surface area (Å²) in [6.45, 7) is 0. The van der Waals surface area contributed by atoms with Gasteiger partial charge in [0.15, 0.2) is 0 Å². The minimum atomic E-state index is -0.680. The van der Waals surface area contributed by atoms with E-state index < -0.39 is 5.92 Å². The Kier molecular flexibility index (Phi) is 3.36. The van der Waals surface area contributed by atoms with Crippen LogP contribution in [-0.4, -0.2) is 5.91 Å². The number of nitrogens with zero attached hydrogens (tertiary/aromatic N) is 1. The first kappa shape index (κ1) is 12.6. The van der Waals surface area contributed by atoms with Gasteiger partial charge >= 0.3 is 0 Å². The lowest BCUT2D eigenvalue weighted by Gasteiger charge is -2.25. The van der Waals surface area contributed by atoms with Crippen molar-refractivity contribution in [2.45, 2.75) is 5.92 Å². The molecule has 20 heavy (non-hydrogen) atoms. The van der Waals surface area contributed by atoms with Gasteiger partial charge in [-0.05, 0) is 17.0 Å². The maximum absolute atomic E-state index is 12.1. The van der Waals surface area contributed by atoms with Crippen LogP contribution >= 0.6 is 11.3 Å². The van der Waals surface area contributed by atoms with Crippen molar-refractivity contribution in [2.75, 3.05) is 0 Å². The topological polar surface area (TPSA) is 52.9 Å². The zero-order chi connectivity index (χ0) is 13.9. The zero-order valence-electron chi connectivity index (χ0n) is 10.6. The first-order valence-electron chi connectivity index (χ1n) is 6.30. The minimum Gasteiger partial charge on any atom is -0.324 e. The van der Waals surface area contributed by atoms with Gasteiger partial charge in [0.25, 0.3) is 0 Å². The Morgan fingerprint density at radius 1 is 1.15 bits per heavy atom. The molecule has 2 aromatic rings. The maximum atomic E-state index is 12.1. The Labute approximate surface area is 121 Å². The Hall–Kier alpha value is -2.38. The fourth-order valence-electron chi connectivity index (χ4n) is 2.37. The molecule has 2 heterocycles. The molecule has 3 nitrogen and oxygen atoms in total. The molecule has 2 atom stereocenters. The average Bonchev–Trinajstić information content (AvgIpc) is 3.01. The van der Waals surface area contributed by atoms with Crippen molar-refractivity contribution < 1.29 is 4.79 Å². The van der Waals surface area contributed by atoms with E-state index in [0.717, 1.165) is 16.1 Å². The first-order valence-corrected chi connectivity index (χ1v) is 7.18. The van der Waals surface area contributed by atoms with Gasteiger partial charge in [0.2, 0.25) is 5.91 Å². The summed E-state index contributed by atoms with van der Waals surface area (Å²) in [5.74, 6) is -1.11. The number of amides is 1. The number of allylic oxidation sites excluding steroid dienone is 1. The van der Waals surface area contributed by atoms with E-state index in [1.807, 2.05) is 53.9 Å². The highest BCUT2D eigenvalue weighted by atomic mass is 32.1. The molecule has 98 valence electrons. The molecule has 1 aromatic heterocycles. The minimum absolute atomic E-state index is 0.202. The summed E-state index contributed by atoms with van der Waals surface area (Å²) in [6, 6.07) is 15.7. The predicted molar refractivity (Wildman–Crippen MR) is 78.7 cm³/mol. The summed E-state index contributed by atoms with van der Waals surface area (Å²) < 4.78 is 0. The second-order valence-corrected chi connectivity index (χ2v) is 5.54. The number of hydrogen-bond acceptors (Lipinski definition) is 3. The molecule has 3 rings (SSSR count). The molecule has 1 aliphatic rings. The summed E-state index contributed by atoms with van der Waals surface area (Å²) >= 11 is 1.57. The SMILES string of the molecule is N#C[C@@H]1C(=O)NC(c2cccs2)=C[C@@H]1c1ccccc1. The van der Waals surface area contributed by atoms with E-state index in [1.54, 1.807) is 11.3 Å². The highest BCUT2D eigenvalue weighted by Crippen LogP contribution is 2.33. The van der Waals surface area contributed by atoms with Crippen molar-refractivity contribution in [3.8, 4) is 6.07 Å². The molecule has 0 spiro atoms. The van der Waals surface area contributed by atoms with Gasteiger partial charge in [0.1, 0.15) is 5.92 Å². The summed E-state index contributed by atoms with van der Waals surface area (Å²) in [6.07, 6.45) is 1.98. The number of thiophene rings is 1. The molecule has 0 saturated heterocycles. The molecule has 0 bridgehead atoms. The van der Waals surface area contributed by atoms with Crippen LogP contribution in [0, 0.1) is 17.2 Å². The molecule has 1 amide bonds. The maximum Gasteiger partial charge on any atom is 0.242 e. The van der Waals surface area contributed by atoms with Crippen molar-refractivity contribution in [3.63, 3.8) is 0 Å². The molecular formula is C16H12N2OS. The molecule has 1 aliphatic heterocycles. The highest BCUT2D eigenvalue weighted by Gasteiger charge is 2.33. The van der Waals surface area contributed by atoms with E-state index in [-0.39, 0.29) is 11.8 Å². The number of nitrogens with one attached hydrogen (secondary N) is 1. The standard InChI is InChI=1S/C16H12N2OS/c17-10-13-12(11-5-2-1-3-6-11)9-14(18-16(13)19)15-7-4-8-20-15/h1-9,12-13H,(H,18,19)/t12-,13+/m1/s1. The summed E-state index contributed by atoms with van der Waals surface area (Å²) in [5.41, 5.74) is 1.79. The predicted octanol–water partition coefficient (Wildman–Crippen LogP) is 3.14. The second-order valence-electron chi connectivity index (χ2n) is 4.59. The molecule has 0 radical (unpaired) electrons. The third kappa shape index (κ3) is 2.24. The average molecular weight is 280 g/mol. The molecular weight excluding hydrogens is 268 g/mol. The molecule has 0 fully saturated rings. The lowest BCUT2D eigenvalue weighted by molar-refractivity contribution is -0.122. The monoisotopic (exact) mass is 280 g/mol. The second kappa shape index (κ2) is 5.32. The molecule has 1 aromatic carbocycles. The van der Waals surface area contributed by atoms with Crippen LogP contribution < -0.4 is 5.32 Å². The molecule has 4 heteroatoms. The number of carbonyl (C=O) groups excluding carboxylic acids is 1. The Bertz CT molecular complexity index is 683. The van der Waals surface area contributed by atoms with Crippen LogP contribution in [0.1, 0.15) is 16.4 Å². The van der Waals surface area contributed by atoms with Gasteiger partial charge in [-0.25, -0.2) is 0 Å². The van der Waals surface area contributed by atoms with Gasteiger partial charge < -0.3 is 5.32 Å². The van der Waals surface area contributed by atoms with Crippen LogP contribution in [0.3, 0.4) is 0 Å². The van der Waals surface area contributed by atoms with Crippen molar-refractivity contribution in [3.05, 3.63) is 64.4 Å². The third-order valence-corrected chi connectivity index (χ3v) is 4.26. The normalized spacial score (nSPS) is 21.8. The number of carbonyl (C=O) groups is 1. The molecule has 0 saturated carbocycles. The Morgan fingerprint density at radius 3 is 2.60 bits per heavy atom. The van der Waals surface area contributed by atoms with Gasteiger partial charge in [-0.1, -0.05) is 42.5 Å². The van der Waals surface area contributed by atoms with Crippen molar-refractivity contribution in [1.82, 2.24) is 5.32 Å². The number of nitriles is 1. The van der Waals surface area contributed by atoms with Crippen molar-refractivity contribution in [2.24, 2.45) is 5.92 Å². The number of rotatable bonds is 2. The lowest BCUT2D eigenvalue weighted by Crippen LogP contribution is -2.36. The van der Waals surface area contributed by atoms with Crippen LogP contribution in [0.2, 0.25) is 0 Å².